The SMILES string of the molecule is O=[N+]([O-])c1cccc(S(=O)(=O)N(CCc2ccccc2)Cc2ccccn2)c1. The number of nitro groups is 1. The first-order chi connectivity index (χ1) is 13.5. The maximum atomic E-state index is 13.2. The fourth-order valence-corrected chi connectivity index (χ4v) is 4.21. The van der Waals surface area contributed by atoms with Gasteiger partial charge in [0.15, 0.2) is 0 Å². The second-order valence-corrected chi connectivity index (χ2v) is 8.09. The molecule has 0 unspecified atom stereocenters. The molecule has 0 amide bonds. The van der Waals surface area contributed by atoms with Crippen LogP contribution in [0, 0.1) is 10.1 Å². The number of hydrogen-bond acceptors (Lipinski definition) is 5. The van der Waals surface area contributed by atoms with Gasteiger partial charge < -0.3 is 0 Å². The number of nitrogens with zero attached hydrogens (tertiary/aromatic N) is 3. The van der Waals surface area contributed by atoms with Gasteiger partial charge in [-0.25, -0.2) is 8.42 Å². The molecule has 2 aromatic carbocycles. The van der Waals surface area contributed by atoms with Crippen molar-refractivity contribution in [1.82, 2.24) is 9.29 Å². The van der Waals surface area contributed by atoms with Crippen LogP contribution in [0.4, 0.5) is 5.69 Å². The second kappa shape index (κ2) is 8.73. The topological polar surface area (TPSA) is 93.4 Å². The predicted molar refractivity (Wildman–Crippen MR) is 105 cm³/mol. The number of benzene rings is 2. The van der Waals surface area contributed by atoms with Gasteiger partial charge in [0.25, 0.3) is 5.69 Å². The normalized spacial score (nSPS) is 11.5. The van der Waals surface area contributed by atoms with E-state index in [4.69, 9.17) is 0 Å². The molecule has 0 bridgehead atoms. The zero-order valence-corrected chi connectivity index (χ0v) is 15.8. The lowest BCUT2D eigenvalue weighted by Gasteiger charge is -2.22. The number of hydrogen-bond donors (Lipinski definition) is 0. The maximum Gasteiger partial charge on any atom is 0.270 e. The smallest absolute Gasteiger partial charge is 0.260 e. The highest BCUT2D eigenvalue weighted by Crippen LogP contribution is 2.22. The van der Waals surface area contributed by atoms with Gasteiger partial charge in [-0.1, -0.05) is 42.5 Å². The Balaban J connectivity index is 1.91. The van der Waals surface area contributed by atoms with E-state index < -0.39 is 14.9 Å². The largest absolute Gasteiger partial charge is 0.270 e. The van der Waals surface area contributed by atoms with Gasteiger partial charge in [-0.3, -0.25) is 15.1 Å². The summed E-state index contributed by atoms with van der Waals surface area (Å²) < 4.78 is 27.7. The average Bonchev–Trinajstić information content (AvgIpc) is 2.72. The summed E-state index contributed by atoms with van der Waals surface area (Å²) in [7, 11) is -3.94. The Hall–Kier alpha value is -3.10. The summed E-state index contributed by atoms with van der Waals surface area (Å²) >= 11 is 0. The molecule has 1 heterocycles. The standard InChI is InChI=1S/C20H19N3O4S/c24-23(25)19-10-6-11-20(15-19)28(26,27)22(16-18-9-4-5-13-21-18)14-12-17-7-2-1-3-8-17/h1-11,13,15H,12,14,16H2. The van der Waals surface area contributed by atoms with E-state index >= 15 is 0 Å². The van der Waals surface area contributed by atoms with Crippen LogP contribution < -0.4 is 0 Å². The molecule has 1 aromatic heterocycles. The van der Waals surface area contributed by atoms with Crippen molar-refractivity contribution in [2.24, 2.45) is 0 Å². The number of pyridine rings is 1. The van der Waals surface area contributed by atoms with Crippen molar-refractivity contribution in [3.63, 3.8) is 0 Å². The van der Waals surface area contributed by atoms with Gasteiger partial charge in [-0.15, -0.1) is 0 Å². The van der Waals surface area contributed by atoms with Crippen LogP contribution in [0.25, 0.3) is 0 Å². The Kier molecular flexibility index (Phi) is 6.13. The number of sulfonamides is 1. The van der Waals surface area contributed by atoms with Crippen molar-refractivity contribution in [2.75, 3.05) is 6.54 Å². The van der Waals surface area contributed by atoms with E-state index in [1.165, 1.54) is 22.5 Å². The summed E-state index contributed by atoms with van der Waals surface area (Å²) in [6, 6.07) is 19.9. The predicted octanol–water partition coefficient (Wildman–Crippen LogP) is 3.42. The molecule has 0 aliphatic rings. The van der Waals surface area contributed by atoms with Crippen molar-refractivity contribution in [2.45, 2.75) is 17.9 Å². The Labute approximate surface area is 163 Å². The van der Waals surface area contributed by atoms with E-state index in [2.05, 4.69) is 4.98 Å². The highest BCUT2D eigenvalue weighted by molar-refractivity contribution is 7.89. The molecule has 0 aliphatic heterocycles. The van der Waals surface area contributed by atoms with E-state index in [-0.39, 0.29) is 23.7 Å². The Morgan fingerprint density at radius 2 is 1.71 bits per heavy atom. The van der Waals surface area contributed by atoms with Crippen LogP contribution in [0.1, 0.15) is 11.3 Å². The van der Waals surface area contributed by atoms with Gasteiger partial charge in [0, 0.05) is 24.9 Å². The lowest BCUT2D eigenvalue weighted by Crippen LogP contribution is -2.33. The monoisotopic (exact) mass is 397 g/mol. The highest BCUT2D eigenvalue weighted by atomic mass is 32.2. The minimum absolute atomic E-state index is 0.0820. The molecule has 0 aliphatic carbocycles. The van der Waals surface area contributed by atoms with Crippen LogP contribution >= 0.6 is 0 Å². The molecule has 0 spiro atoms. The van der Waals surface area contributed by atoms with Gasteiger partial charge in [0.1, 0.15) is 0 Å². The first-order valence-electron chi connectivity index (χ1n) is 8.65. The lowest BCUT2D eigenvalue weighted by molar-refractivity contribution is -0.385. The van der Waals surface area contributed by atoms with Crippen LogP contribution in [0.5, 0.6) is 0 Å². The minimum atomic E-state index is -3.94. The first kappa shape index (κ1) is 19.7. The van der Waals surface area contributed by atoms with Crippen LogP contribution in [-0.2, 0) is 23.0 Å². The fourth-order valence-electron chi connectivity index (χ4n) is 2.76. The molecule has 0 N–H and O–H groups in total. The molecular weight excluding hydrogens is 378 g/mol. The number of non-ortho nitro benzene ring substituents is 1. The molecule has 0 atom stereocenters. The molecule has 0 saturated carbocycles. The van der Waals surface area contributed by atoms with Crippen LogP contribution in [0.15, 0.2) is 83.9 Å². The zero-order valence-electron chi connectivity index (χ0n) is 15.0. The molecule has 0 fully saturated rings. The van der Waals surface area contributed by atoms with E-state index in [1.807, 2.05) is 30.3 Å². The van der Waals surface area contributed by atoms with Gasteiger partial charge in [-0.2, -0.15) is 4.31 Å². The summed E-state index contributed by atoms with van der Waals surface area (Å²) in [6.07, 6.45) is 2.12. The zero-order chi connectivity index (χ0) is 20.0. The fraction of sp³-hybridized carbons (Fsp3) is 0.150. The van der Waals surface area contributed by atoms with Gasteiger partial charge in [0.2, 0.25) is 10.0 Å². The Bertz CT molecular complexity index is 1040. The van der Waals surface area contributed by atoms with Crippen molar-refractivity contribution in [3.05, 3.63) is 100 Å². The molecule has 3 aromatic rings. The van der Waals surface area contributed by atoms with Crippen molar-refractivity contribution in [1.29, 1.82) is 0 Å². The van der Waals surface area contributed by atoms with E-state index in [1.54, 1.807) is 24.4 Å². The molecule has 28 heavy (non-hydrogen) atoms. The van der Waals surface area contributed by atoms with E-state index in [9.17, 15) is 18.5 Å². The van der Waals surface area contributed by atoms with Gasteiger partial charge in [-0.05, 0) is 30.2 Å². The third-order valence-corrected chi connectivity index (χ3v) is 6.06. The molecular formula is C20H19N3O4S. The molecule has 3 rings (SSSR count). The Morgan fingerprint density at radius 1 is 0.964 bits per heavy atom. The van der Waals surface area contributed by atoms with E-state index in [0.717, 1.165) is 11.6 Å². The van der Waals surface area contributed by atoms with Crippen molar-refractivity contribution < 1.29 is 13.3 Å². The maximum absolute atomic E-state index is 13.2. The summed E-state index contributed by atoms with van der Waals surface area (Å²) in [6.45, 7) is 0.310. The average molecular weight is 397 g/mol. The van der Waals surface area contributed by atoms with Crippen LogP contribution in [0.2, 0.25) is 0 Å². The minimum Gasteiger partial charge on any atom is -0.260 e. The molecule has 144 valence electrons. The first-order valence-corrected chi connectivity index (χ1v) is 10.1. The second-order valence-electron chi connectivity index (χ2n) is 6.15. The molecule has 0 saturated heterocycles. The molecule has 8 heteroatoms. The lowest BCUT2D eigenvalue weighted by atomic mass is 10.1. The van der Waals surface area contributed by atoms with Gasteiger partial charge >= 0.3 is 0 Å². The quantitative estimate of drug-likeness (QED) is 0.429. The number of aromatic nitrogens is 1. The summed E-state index contributed by atoms with van der Waals surface area (Å²) in [5.74, 6) is 0. The van der Waals surface area contributed by atoms with Crippen molar-refractivity contribution in [3.8, 4) is 0 Å². The number of nitro benzene ring substituents is 1. The molecule has 0 radical (unpaired) electrons. The third-order valence-electron chi connectivity index (χ3n) is 4.22. The van der Waals surface area contributed by atoms with Gasteiger partial charge in [0.05, 0.1) is 22.1 Å². The van der Waals surface area contributed by atoms with Crippen molar-refractivity contribution >= 4 is 15.7 Å². The number of rotatable bonds is 8. The summed E-state index contributed by atoms with van der Waals surface area (Å²) in [5.41, 5.74) is 1.34. The Morgan fingerprint density at radius 3 is 2.39 bits per heavy atom. The van der Waals surface area contributed by atoms with E-state index in [0.29, 0.717) is 12.1 Å². The molecule has 7 nitrogen and oxygen atoms in total. The summed E-state index contributed by atoms with van der Waals surface area (Å²) in [4.78, 5) is 14.5. The summed E-state index contributed by atoms with van der Waals surface area (Å²) in [5, 5.41) is 11.0. The highest BCUT2D eigenvalue weighted by Gasteiger charge is 2.26. The third kappa shape index (κ3) is 4.79. The van der Waals surface area contributed by atoms with Crippen LogP contribution in [0.3, 0.4) is 0 Å². The van der Waals surface area contributed by atoms with Crippen LogP contribution in [-0.4, -0.2) is 29.2 Å².